The molecule has 2 aromatic carbocycles. The largest absolute Gasteiger partial charge is 0.468 e. The van der Waals surface area contributed by atoms with Gasteiger partial charge in [-0.3, -0.25) is 14.4 Å². The number of carbonyl (C=O) groups excluding carboxylic acids is 3. The van der Waals surface area contributed by atoms with Crippen LogP contribution in [0.1, 0.15) is 44.9 Å². The van der Waals surface area contributed by atoms with Crippen LogP contribution in [0.15, 0.2) is 65.3 Å². The summed E-state index contributed by atoms with van der Waals surface area (Å²) in [4.78, 5) is 41.4. The zero-order valence-electron chi connectivity index (χ0n) is 23.9. The third-order valence-electron chi connectivity index (χ3n) is 7.12. The second-order valence-corrected chi connectivity index (χ2v) is 11.5. The molecule has 1 fully saturated rings. The fourth-order valence-corrected chi connectivity index (χ4v) is 4.98. The minimum atomic E-state index is -0.871. The van der Waals surface area contributed by atoms with E-state index in [1.807, 2.05) is 69.3 Å². The lowest BCUT2D eigenvalue weighted by Crippen LogP contribution is -2.55. The average molecular weight is 585 g/mol. The second kappa shape index (κ2) is 14.5. The minimum absolute atomic E-state index is 0. The van der Waals surface area contributed by atoms with Gasteiger partial charge in [0.15, 0.2) is 0 Å². The molecule has 4 N–H and O–H groups in total. The third kappa shape index (κ3) is 8.79. The van der Waals surface area contributed by atoms with Gasteiger partial charge in [-0.15, -0.1) is 12.4 Å². The average Bonchev–Trinajstić information content (AvgIpc) is 3.63. The van der Waals surface area contributed by atoms with Crippen LogP contribution in [0, 0.1) is 5.41 Å². The fourth-order valence-electron chi connectivity index (χ4n) is 4.98. The van der Waals surface area contributed by atoms with Crippen molar-refractivity contribution in [3.8, 4) is 0 Å². The molecular weight excluding hydrogens is 544 g/mol. The Bertz CT molecular complexity index is 1310. The van der Waals surface area contributed by atoms with E-state index in [1.54, 1.807) is 17.2 Å². The van der Waals surface area contributed by atoms with E-state index in [-0.39, 0.29) is 43.7 Å². The van der Waals surface area contributed by atoms with Gasteiger partial charge >= 0.3 is 0 Å². The normalized spacial score (nSPS) is 16.6. The Labute approximate surface area is 247 Å². The van der Waals surface area contributed by atoms with E-state index in [0.717, 1.165) is 28.5 Å². The molecule has 3 amide bonds. The number of amides is 3. The summed E-state index contributed by atoms with van der Waals surface area (Å²) < 4.78 is 5.27. The first-order valence-corrected chi connectivity index (χ1v) is 13.9. The summed E-state index contributed by atoms with van der Waals surface area (Å²) in [6.45, 7) is 6.78. The van der Waals surface area contributed by atoms with Crippen molar-refractivity contribution in [3.05, 3.63) is 72.2 Å². The quantitative estimate of drug-likeness (QED) is 0.274. The molecule has 0 bridgehead atoms. The van der Waals surface area contributed by atoms with Crippen molar-refractivity contribution in [2.75, 3.05) is 19.6 Å². The Morgan fingerprint density at radius 2 is 1.80 bits per heavy atom. The Hall–Kier alpha value is -3.40. The lowest BCUT2D eigenvalue weighted by atomic mass is 9.94. The zero-order valence-corrected chi connectivity index (χ0v) is 24.7. The van der Waals surface area contributed by atoms with Crippen molar-refractivity contribution in [2.45, 2.75) is 64.8 Å². The molecule has 2 unspecified atom stereocenters. The molecule has 0 radical (unpaired) electrons. The van der Waals surface area contributed by atoms with Crippen LogP contribution in [-0.2, 0) is 27.3 Å². The van der Waals surface area contributed by atoms with E-state index in [2.05, 4.69) is 16.0 Å². The van der Waals surface area contributed by atoms with Gasteiger partial charge in [0.05, 0.1) is 18.9 Å². The van der Waals surface area contributed by atoms with Crippen LogP contribution in [0.5, 0.6) is 0 Å². The SMILES string of the molecule is CC(C)(C)C(=O)N1CCCC1C(=O)N[C@H](Cc1ccc2ccccc2c1)C(=O)NCC(O)CNCc1ccco1.Cl. The maximum absolute atomic E-state index is 13.4. The Kier molecular flexibility index (Phi) is 11.3. The van der Waals surface area contributed by atoms with Gasteiger partial charge in [0.2, 0.25) is 17.7 Å². The van der Waals surface area contributed by atoms with E-state index in [0.29, 0.717) is 19.5 Å². The van der Waals surface area contributed by atoms with E-state index in [9.17, 15) is 19.5 Å². The van der Waals surface area contributed by atoms with E-state index >= 15 is 0 Å². The number of furan rings is 1. The zero-order chi connectivity index (χ0) is 28.7. The van der Waals surface area contributed by atoms with Crippen molar-refractivity contribution in [1.82, 2.24) is 20.9 Å². The number of aliphatic hydroxyl groups excluding tert-OH is 1. The highest BCUT2D eigenvalue weighted by atomic mass is 35.5. The van der Waals surface area contributed by atoms with Crippen molar-refractivity contribution in [2.24, 2.45) is 5.41 Å². The number of hydrogen-bond donors (Lipinski definition) is 4. The van der Waals surface area contributed by atoms with Crippen LogP contribution in [0.2, 0.25) is 0 Å². The first-order valence-electron chi connectivity index (χ1n) is 13.9. The molecule has 3 atom stereocenters. The predicted molar refractivity (Wildman–Crippen MR) is 160 cm³/mol. The summed E-state index contributed by atoms with van der Waals surface area (Å²) in [6, 6.07) is 16.1. The molecule has 1 saturated heterocycles. The number of nitrogens with zero attached hydrogens (tertiary/aromatic N) is 1. The van der Waals surface area contributed by atoms with Gasteiger partial charge in [-0.1, -0.05) is 63.2 Å². The smallest absolute Gasteiger partial charge is 0.243 e. The van der Waals surface area contributed by atoms with Crippen LogP contribution < -0.4 is 16.0 Å². The van der Waals surface area contributed by atoms with Crippen LogP contribution in [0.3, 0.4) is 0 Å². The summed E-state index contributed by atoms with van der Waals surface area (Å²) in [7, 11) is 0. The number of aliphatic hydroxyl groups is 1. The van der Waals surface area contributed by atoms with Crippen LogP contribution >= 0.6 is 12.4 Å². The number of hydrogen-bond acceptors (Lipinski definition) is 6. The van der Waals surface area contributed by atoms with E-state index in [1.165, 1.54) is 0 Å². The minimum Gasteiger partial charge on any atom is -0.468 e. The first-order chi connectivity index (χ1) is 19.1. The number of nitrogens with one attached hydrogen (secondary N) is 3. The van der Waals surface area contributed by atoms with Crippen molar-refractivity contribution < 1.29 is 23.9 Å². The highest BCUT2D eigenvalue weighted by Gasteiger charge is 2.39. The predicted octanol–water partition coefficient (Wildman–Crippen LogP) is 3.19. The van der Waals surface area contributed by atoms with Gasteiger partial charge in [-0.05, 0) is 41.3 Å². The summed E-state index contributed by atoms with van der Waals surface area (Å²) >= 11 is 0. The van der Waals surface area contributed by atoms with Crippen LogP contribution in [-0.4, -0.2) is 65.5 Å². The van der Waals surface area contributed by atoms with Crippen molar-refractivity contribution >= 4 is 40.9 Å². The lowest BCUT2D eigenvalue weighted by Gasteiger charge is -2.31. The maximum atomic E-state index is 13.4. The standard InChI is InChI=1S/C31H40N4O5.ClH/c1-31(2,3)30(39)35-14-6-11-27(35)29(38)34-26(17-21-12-13-22-8-4-5-9-23(22)16-21)28(37)33-19-24(36)18-32-20-25-10-7-15-40-25;/h4-5,7-10,12-13,15-16,24,26-27,32,36H,6,11,14,17-20H2,1-3H3,(H,33,37)(H,34,38);1H/t24?,26-,27?;/m1./s1. The number of rotatable bonds is 11. The van der Waals surface area contributed by atoms with Crippen LogP contribution in [0.4, 0.5) is 0 Å². The fraction of sp³-hybridized carbons (Fsp3) is 0.452. The molecule has 2 heterocycles. The first kappa shape index (κ1) is 32.1. The molecule has 1 aliphatic rings. The third-order valence-corrected chi connectivity index (χ3v) is 7.12. The highest BCUT2D eigenvalue weighted by molar-refractivity contribution is 5.93. The highest BCUT2D eigenvalue weighted by Crippen LogP contribution is 2.26. The molecule has 0 aliphatic carbocycles. The lowest BCUT2D eigenvalue weighted by molar-refractivity contribution is -0.145. The van der Waals surface area contributed by atoms with Gasteiger partial charge in [0.1, 0.15) is 17.8 Å². The van der Waals surface area contributed by atoms with Gasteiger partial charge in [-0.25, -0.2) is 0 Å². The van der Waals surface area contributed by atoms with Crippen molar-refractivity contribution in [1.29, 1.82) is 0 Å². The number of carbonyl (C=O) groups is 3. The molecule has 1 aromatic heterocycles. The summed E-state index contributed by atoms with van der Waals surface area (Å²) in [5.41, 5.74) is 0.292. The molecular formula is C31H41ClN4O5. The molecule has 3 aromatic rings. The topological polar surface area (TPSA) is 124 Å². The molecule has 0 spiro atoms. The molecule has 41 heavy (non-hydrogen) atoms. The summed E-state index contributed by atoms with van der Waals surface area (Å²) in [6.07, 6.45) is 2.32. The van der Waals surface area contributed by atoms with E-state index < -0.39 is 29.5 Å². The molecule has 9 nitrogen and oxygen atoms in total. The Morgan fingerprint density at radius 1 is 1.05 bits per heavy atom. The summed E-state index contributed by atoms with van der Waals surface area (Å²) in [5, 5.41) is 21.3. The van der Waals surface area contributed by atoms with Gasteiger partial charge < -0.3 is 30.4 Å². The molecule has 222 valence electrons. The Balaban J connectivity index is 0.00000462. The van der Waals surface area contributed by atoms with Crippen molar-refractivity contribution in [3.63, 3.8) is 0 Å². The molecule has 4 rings (SSSR count). The summed E-state index contributed by atoms with van der Waals surface area (Å²) in [5.74, 6) is -0.0545. The van der Waals surface area contributed by atoms with E-state index in [4.69, 9.17) is 4.42 Å². The maximum Gasteiger partial charge on any atom is 0.243 e. The molecule has 0 saturated carbocycles. The monoisotopic (exact) mass is 584 g/mol. The second-order valence-electron chi connectivity index (χ2n) is 11.5. The number of halogens is 1. The molecule has 1 aliphatic heterocycles. The van der Waals surface area contributed by atoms with Gasteiger partial charge in [-0.2, -0.15) is 0 Å². The number of likely N-dealkylation sites (tertiary alicyclic amines) is 1. The number of fused-ring (bicyclic) bond motifs is 1. The molecule has 10 heteroatoms. The number of benzene rings is 2. The Morgan fingerprint density at radius 3 is 2.51 bits per heavy atom. The van der Waals surface area contributed by atoms with Crippen LogP contribution in [0.25, 0.3) is 10.8 Å². The van der Waals surface area contributed by atoms with Gasteiger partial charge in [0.25, 0.3) is 0 Å². The van der Waals surface area contributed by atoms with Gasteiger partial charge in [0, 0.05) is 31.5 Å².